The number of rotatable bonds is 6. The van der Waals surface area contributed by atoms with Crippen LogP contribution in [0.25, 0.3) is 22.3 Å². The molecule has 5 rings (SSSR count). The average molecular weight is 513 g/mol. The van der Waals surface area contributed by atoms with Gasteiger partial charge in [0, 0.05) is 35.8 Å². The van der Waals surface area contributed by atoms with E-state index in [1.54, 1.807) is 41.2 Å². The number of halogens is 2. The molecule has 180 valence electrons. The van der Waals surface area contributed by atoms with Crippen molar-refractivity contribution in [1.29, 1.82) is 0 Å². The molecule has 1 fully saturated rings. The summed E-state index contributed by atoms with van der Waals surface area (Å²) in [4.78, 5) is 22.7. The first-order valence-electron chi connectivity index (χ1n) is 11.1. The van der Waals surface area contributed by atoms with Crippen molar-refractivity contribution in [2.75, 3.05) is 19.5 Å². The summed E-state index contributed by atoms with van der Waals surface area (Å²) in [5, 5.41) is 12.1. The van der Waals surface area contributed by atoms with E-state index in [1.807, 2.05) is 0 Å². The van der Waals surface area contributed by atoms with Crippen LogP contribution in [0.15, 0.2) is 41.5 Å². The van der Waals surface area contributed by atoms with E-state index in [2.05, 4.69) is 25.5 Å². The molecular weight excluding hydrogens is 491 g/mol. The number of hydrogen-bond donors (Lipinski definition) is 1. The second kappa shape index (κ2) is 9.67. The SMILES string of the molecule is COc1cc(OC)c(Cl)c(-c2cc3nnc(Nc4ccncc4)nc3n(C3CCCC3)c2=O)c1Cl. The van der Waals surface area contributed by atoms with Gasteiger partial charge >= 0.3 is 0 Å². The number of nitrogens with one attached hydrogen (secondary N) is 1. The summed E-state index contributed by atoms with van der Waals surface area (Å²) in [5.41, 5.74) is 1.99. The van der Waals surface area contributed by atoms with Crippen molar-refractivity contribution >= 4 is 46.0 Å². The van der Waals surface area contributed by atoms with E-state index >= 15 is 0 Å². The van der Waals surface area contributed by atoms with Crippen LogP contribution >= 0.6 is 23.2 Å². The van der Waals surface area contributed by atoms with E-state index in [9.17, 15) is 4.79 Å². The van der Waals surface area contributed by atoms with E-state index < -0.39 is 0 Å². The molecule has 1 aliphatic rings. The second-order valence-electron chi connectivity index (χ2n) is 8.16. The van der Waals surface area contributed by atoms with E-state index in [-0.39, 0.29) is 33.2 Å². The van der Waals surface area contributed by atoms with Crippen LogP contribution in [0.4, 0.5) is 11.6 Å². The van der Waals surface area contributed by atoms with Gasteiger partial charge in [-0.1, -0.05) is 36.0 Å². The van der Waals surface area contributed by atoms with Crippen molar-refractivity contribution in [3.63, 3.8) is 0 Å². The van der Waals surface area contributed by atoms with E-state index in [0.29, 0.717) is 28.2 Å². The highest BCUT2D eigenvalue weighted by molar-refractivity contribution is 6.41. The summed E-state index contributed by atoms with van der Waals surface area (Å²) in [7, 11) is 2.98. The van der Waals surface area contributed by atoms with Gasteiger partial charge in [-0.2, -0.15) is 4.98 Å². The smallest absolute Gasteiger partial charge is 0.260 e. The van der Waals surface area contributed by atoms with Crippen molar-refractivity contribution in [1.82, 2.24) is 24.7 Å². The highest BCUT2D eigenvalue weighted by Gasteiger charge is 2.27. The molecule has 1 aliphatic carbocycles. The second-order valence-corrected chi connectivity index (χ2v) is 8.92. The predicted octanol–water partition coefficient (Wildman–Crippen LogP) is 5.43. The molecule has 0 saturated heterocycles. The maximum absolute atomic E-state index is 14.0. The molecule has 9 nitrogen and oxygen atoms in total. The number of hydrogen-bond acceptors (Lipinski definition) is 8. The standard InChI is InChI=1S/C24H22Cl2N6O3/c1-34-17-12-18(35-2)21(26)19(20(17)25)15-11-16-22(32(23(15)33)14-5-3-4-6-14)29-24(31-30-16)28-13-7-9-27-10-8-13/h7-12,14H,3-6H2,1-2H3,(H,27,28,29,31). The van der Waals surface area contributed by atoms with Crippen LogP contribution in [0.1, 0.15) is 31.7 Å². The maximum Gasteiger partial charge on any atom is 0.260 e. The molecule has 1 N–H and O–H groups in total. The van der Waals surface area contributed by atoms with Gasteiger partial charge in [0.1, 0.15) is 17.0 Å². The van der Waals surface area contributed by atoms with Gasteiger partial charge in [-0.3, -0.25) is 14.3 Å². The van der Waals surface area contributed by atoms with Gasteiger partial charge in [-0.15, -0.1) is 10.2 Å². The summed E-state index contributed by atoms with van der Waals surface area (Å²) >= 11 is 13.3. The normalized spacial score (nSPS) is 13.8. The van der Waals surface area contributed by atoms with Gasteiger partial charge < -0.3 is 14.8 Å². The molecule has 1 saturated carbocycles. The molecule has 3 aromatic heterocycles. The third kappa shape index (κ3) is 4.26. The Bertz CT molecular complexity index is 1430. The number of benzene rings is 1. The zero-order chi connectivity index (χ0) is 24.5. The van der Waals surface area contributed by atoms with E-state index in [4.69, 9.17) is 32.7 Å². The highest BCUT2D eigenvalue weighted by atomic mass is 35.5. The molecule has 4 aromatic rings. The monoisotopic (exact) mass is 512 g/mol. The third-order valence-electron chi connectivity index (χ3n) is 6.12. The number of pyridine rings is 2. The van der Waals surface area contributed by atoms with Crippen LogP contribution in [0.3, 0.4) is 0 Å². The summed E-state index contributed by atoms with van der Waals surface area (Å²) < 4.78 is 12.5. The van der Waals surface area contributed by atoms with Crippen molar-refractivity contribution in [3.8, 4) is 22.6 Å². The van der Waals surface area contributed by atoms with Gasteiger partial charge in [0.05, 0.1) is 29.8 Å². The molecule has 1 aromatic carbocycles. The first-order valence-corrected chi connectivity index (χ1v) is 11.8. The van der Waals surface area contributed by atoms with Crippen molar-refractivity contribution in [2.24, 2.45) is 0 Å². The summed E-state index contributed by atoms with van der Waals surface area (Å²) in [6.45, 7) is 0. The number of methoxy groups -OCH3 is 2. The molecule has 0 spiro atoms. The molecule has 0 bridgehead atoms. The fraction of sp³-hybridized carbons (Fsp3) is 0.292. The lowest BCUT2D eigenvalue weighted by molar-refractivity contribution is 0.395. The van der Waals surface area contributed by atoms with Crippen molar-refractivity contribution < 1.29 is 9.47 Å². The van der Waals surface area contributed by atoms with Gasteiger partial charge in [-0.25, -0.2) is 0 Å². The van der Waals surface area contributed by atoms with Crippen molar-refractivity contribution in [2.45, 2.75) is 31.7 Å². The Kier molecular flexibility index (Phi) is 6.44. The van der Waals surface area contributed by atoms with Gasteiger partial charge in [0.15, 0.2) is 5.65 Å². The molecule has 0 radical (unpaired) electrons. The van der Waals surface area contributed by atoms with Crippen LogP contribution in [0, 0.1) is 0 Å². The number of ether oxygens (including phenoxy) is 2. The highest BCUT2D eigenvalue weighted by Crippen LogP contribution is 2.45. The predicted molar refractivity (Wildman–Crippen MR) is 135 cm³/mol. The van der Waals surface area contributed by atoms with Crippen LogP contribution < -0.4 is 20.3 Å². The fourth-order valence-electron chi connectivity index (χ4n) is 4.44. The van der Waals surface area contributed by atoms with E-state index in [0.717, 1.165) is 31.4 Å². The number of fused-ring (bicyclic) bond motifs is 1. The lowest BCUT2D eigenvalue weighted by Crippen LogP contribution is -2.26. The Labute approximate surface area is 211 Å². The molecular formula is C24H22Cl2N6O3. The van der Waals surface area contributed by atoms with Crippen LogP contribution in [-0.4, -0.2) is 39.0 Å². The lowest BCUT2D eigenvalue weighted by atomic mass is 10.0. The van der Waals surface area contributed by atoms with E-state index in [1.165, 1.54) is 14.2 Å². The first-order chi connectivity index (χ1) is 17.0. The molecule has 0 aliphatic heterocycles. The van der Waals surface area contributed by atoms with Crippen LogP contribution in [-0.2, 0) is 0 Å². The fourth-order valence-corrected chi connectivity index (χ4v) is 5.15. The Hall–Kier alpha value is -3.43. The van der Waals surface area contributed by atoms with Crippen LogP contribution in [0.2, 0.25) is 10.0 Å². The van der Waals surface area contributed by atoms with Gasteiger partial charge in [-0.05, 0) is 31.0 Å². The Morgan fingerprint density at radius 1 is 1.00 bits per heavy atom. The maximum atomic E-state index is 14.0. The molecule has 3 heterocycles. The molecule has 35 heavy (non-hydrogen) atoms. The Morgan fingerprint density at radius 2 is 1.66 bits per heavy atom. The Balaban J connectivity index is 1.75. The summed E-state index contributed by atoms with van der Waals surface area (Å²) in [5.74, 6) is 0.966. The zero-order valence-electron chi connectivity index (χ0n) is 19.1. The Morgan fingerprint density at radius 3 is 2.29 bits per heavy atom. The topological polar surface area (TPSA) is 104 Å². The molecule has 0 amide bonds. The number of aromatic nitrogens is 5. The zero-order valence-corrected chi connectivity index (χ0v) is 20.6. The largest absolute Gasteiger partial charge is 0.495 e. The summed E-state index contributed by atoms with van der Waals surface area (Å²) in [6.07, 6.45) is 7.09. The quantitative estimate of drug-likeness (QED) is 0.364. The lowest BCUT2D eigenvalue weighted by Gasteiger charge is -2.19. The first kappa shape index (κ1) is 23.3. The third-order valence-corrected chi connectivity index (χ3v) is 6.87. The molecule has 0 unspecified atom stereocenters. The minimum atomic E-state index is -0.265. The number of nitrogens with zero attached hydrogens (tertiary/aromatic N) is 5. The molecule has 0 atom stereocenters. The van der Waals surface area contributed by atoms with Gasteiger partial charge in [0.25, 0.3) is 5.56 Å². The minimum absolute atomic E-state index is 0.0273. The minimum Gasteiger partial charge on any atom is -0.495 e. The number of anilines is 2. The average Bonchev–Trinajstić information content (AvgIpc) is 3.40. The summed E-state index contributed by atoms with van der Waals surface area (Å²) in [6, 6.07) is 6.76. The van der Waals surface area contributed by atoms with Crippen LogP contribution in [0.5, 0.6) is 11.5 Å². The van der Waals surface area contributed by atoms with Gasteiger partial charge in [0.2, 0.25) is 5.95 Å². The van der Waals surface area contributed by atoms with Crippen molar-refractivity contribution in [3.05, 3.63) is 57.1 Å². The molecule has 11 heteroatoms.